The zero-order valence-corrected chi connectivity index (χ0v) is 17.4. The lowest BCUT2D eigenvalue weighted by molar-refractivity contribution is -0.131. The van der Waals surface area contributed by atoms with Crippen molar-refractivity contribution in [2.75, 3.05) is 20.6 Å². The van der Waals surface area contributed by atoms with Gasteiger partial charge in [0, 0.05) is 14.1 Å². The van der Waals surface area contributed by atoms with Gasteiger partial charge >= 0.3 is 0 Å². The van der Waals surface area contributed by atoms with Crippen LogP contribution in [0.2, 0.25) is 0 Å². The minimum atomic E-state index is -3.86. The Morgan fingerprint density at radius 2 is 1.54 bits per heavy atom. The maximum Gasteiger partial charge on any atom is 0.243 e. The Balaban J connectivity index is 2.16. The lowest BCUT2D eigenvalue weighted by atomic mass is 10.1. The van der Waals surface area contributed by atoms with Crippen molar-refractivity contribution in [2.45, 2.75) is 22.8 Å². The van der Waals surface area contributed by atoms with Crippen LogP contribution in [-0.2, 0) is 24.8 Å². The molecule has 0 aliphatic rings. The van der Waals surface area contributed by atoms with Gasteiger partial charge in [-0.3, -0.25) is 4.79 Å². The first-order valence-corrected chi connectivity index (χ1v) is 11.3. The highest BCUT2D eigenvalue weighted by Crippen LogP contribution is 2.22. The van der Waals surface area contributed by atoms with Gasteiger partial charge in [0.05, 0.1) is 22.4 Å². The second-order valence-electron chi connectivity index (χ2n) is 6.37. The summed E-state index contributed by atoms with van der Waals surface area (Å²) in [5, 5.41) is 5.15. The summed E-state index contributed by atoms with van der Waals surface area (Å²) in [6.45, 7) is 1.36. The van der Waals surface area contributed by atoms with Gasteiger partial charge in [0.25, 0.3) is 0 Å². The van der Waals surface area contributed by atoms with Gasteiger partial charge in [-0.15, -0.1) is 0 Å². The lowest BCUT2D eigenvalue weighted by Gasteiger charge is -2.27. The average molecular weight is 426 g/mol. The molecule has 0 aliphatic heterocycles. The number of carbonyl (C=O) groups is 1. The third-order valence-corrected chi connectivity index (χ3v) is 7.18. The molecule has 0 bridgehead atoms. The Morgan fingerprint density at radius 1 is 0.964 bits per heavy atom. The molecule has 2 rings (SSSR count). The zero-order chi connectivity index (χ0) is 21.1. The number of sulfonamides is 2. The van der Waals surface area contributed by atoms with E-state index in [2.05, 4.69) is 0 Å². The Morgan fingerprint density at radius 3 is 2.11 bits per heavy atom. The standard InChI is InChI=1S/C18H23N3O5S2/c1-14(15-8-7-11-17(12-15)27(19,23)24)21(3)18(22)13-20(2)28(25,26)16-9-5-4-6-10-16/h4-12,14H,13H2,1-3H3,(H2,19,23,24). The molecule has 0 heterocycles. The summed E-state index contributed by atoms with van der Waals surface area (Å²) in [4.78, 5) is 14.0. The van der Waals surface area contributed by atoms with Crippen LogP contribution in [0.15, 0.2) is 64.4 Å². The Bertz CT molecular complexity index is 1050. The summed E-state index contributed by atoms with van der Waals surface area (Å²) in [6.07, 6.45) is 0. The highest BCUT2D eigenvalue weighted by Gasteiger charge is 2.26. The van der Waals surface area contributed by atoms with Crippen LogP contribution in [0, 0.1) is 0 Å². The van der Waals surface area contributed by atoms with Crippen molar-refractivity contribution in [1.82, 2.24) is 9.21 Å². The van der Waals surface area contributed by atoms with E-state index in [9.17, 15) is 21.6 Å². The van der Waals surface area contributed by atoms with Crippen LogP contribution in [0.3, 0.4) is 0 Å². The zero-order valence-electron chi connectivity index (χ0n) is 15.8. The molecule has 28 heavy (non-hydrogen) atoms. The van der Waals surface area contributed by atoms with E-state index in [1.807, 2.05) is 0 Å². The highest BCUT2D eigenvalue weighted by atomic mass is 32.2. The molecule has 0 radical (unpaired) electrons. The van der Waals surface area contributed by atoms with Crippen LogP contribution in [0.4, 0.5) is 0 Å². The highest BCUT2D eigenvalue weighted by molar-refractivity contribution is 7.89. The SMILES string of the molecule is CC(c1cccc(S(N)(=O)=O)c1)N(C)C(=O)CN(C)S(=O)(=O)c1ccccc1. The summed E-state index contributed by atoms with van der Waals surface area (Å²) >= 11 is 0. The van der Waals surface area contributed by atoms with Crippen molar-refractivity contribution in [3.05, 3.63) is 60.2 Å². The minimum Gasteiger partial charge on any atom is -0.338 e. The van der Waals surface area contributed by atoms with Crippen molar-refractivity contribution in [2.24, 2.45) is 5.14 Å². The molecule has 0 saturated carbocycles. The summed E-state index contributed by atoms with van der Waals surface area (Å²) < 4.78 is 49.2. The number of hydrogen-bond acceptors (Lipinski definition) is 5. The predicted octanol–water partition coefficient (Wildman–Crippen LogP) is 1.17. The summed E-state index contributed by atoms with van der Waals surface area (Å²) in [5.41, 5.74) is 0.566. The van der Waals surface area contributed by atoms with Crippen LogP contribution < -0.4 is 5.14 Å². The number of carbonyl (C=O) groups excluding carboxylic acids is 1. The van der Waals surface area contributed by atoms with Crippen LogP contribution in [0.1, 0.15) is 18.5 Å². The van der Waals surface area contributed by atoms with Gasteiger partial charge in [-0.1, -0.05) is 30.3 Å². The topological polar surface area (TPSA) is 118 Å². The Labute approximate surface area is 165 Å². The van der Waals surface area contributed by atoms with Crippen LogP contribution >= 0.6 is 0 Å². The van der Waals surface area contributed by atoms with Crippen molar-refractivity contribution >= 4 is 26.0 Å². The third kappa shape index (κ3) is 4.96. The largest absolute Gasteiger partial charge is 0.338 e. The molecule has 0 fully saturated rings. The van der Waals surface area contributed by atoms with Gasteiger partial charge in [0.1, 0.15) is 0 Å². The maximum atomic E-state index is 12.6. The van der Waals surface area contributed by atoms with Crippen LogP contribution in [-0.4, -0.2) is 52.6 Å². The molecule has 1 unspecified atom stereocenters. The van der Waals surface area contributed by atoms with Crippen LogP contribution in [0.5, 0.6) is 0 Å². The van der Waals surface area contributed by atoms with E-state index in [-0.39, 0.29) is 16.3 Å². The Hall–Kier alpha value is -2.27. The van der Waals surface area contributed by atoms with E-state index in [0.717, 1.165) is 4.31 Å². The number of nitrogens with two attached hydrogens (primary N) is 1. The van der Waals surface area contributed by atoms with Gasteiger partial charge in [0.2, 0.25) is 26.0 Å². The number of benzene rings is 2. The van der Waals surface area contributed by atoms with Gasteiger partial charge in [-0.2, -0.15) is 4.31 Å². The van der Waals surface area contributed by atoms with E-state index >= 15 is 0 Å². The number of likely N-dealkylation sites (N-methyl/N-ethyl adjacent to an activating group) is 2. The number of nitrogens with zero attached hydrogens (tertiary/aromatic N) is 2. The fraction of sp³-hybridized carbons (Fsp3) is 0.278. The lowest BCUT2D eigenvalue weighted by Crippen LogP contribution is -2.40. The number of hydrogen-bond donors (Lipinski definition) is 1. The molecule has 2 N–H and O–H groups in total. The minimum absolute atomic E-state index is 0.0542. The molecular formula is C18H23N3O5S2. The average Bonchev–Trinajstić information content (AvgIpc) is 2.66. The number of amides is 1. The molecular weight excluding hydrogens is 402 g/mol. The third-order valence-electron chi connectivity index (χ3n) is 4.45. The van der Waals surface area contributed by atoms with E-state index in [1.54, 1.807) is 31.2 Å². The normalized spacial score (nSPS) is 13.3. The van der Waals surface area contributed by atoms with Crippen molar-refractivity contribution in [3.63, 3.8) is 0 Å². The Kier molecular flexibility index (Phi) is 6.60. The van der Waals surface area contributed by atoms with E-state index < -0.39 is 32.0 Å². The van der Waals surface area contributed by atoms with E-state index in [4.69, 9.17) is 5.14 Å². The molecule has 2 aromatic carbocycles. The molecule has 1 amide bonds. The summed E-state index contributed by atoms with van der Waals surface area (Å²) in [7, 11) is -4.80. The van der Waals surface area contributed by atoms with Crippen molar-refractivity contribution < 1.29 is 21.6 Å². The first-order valence-electron chi connectivity index (χ1n) is 8.34. The van der Waals surface area contributed by atoms with Gasteiger partial charge < -0.3 is 4.90 Å². The quantitative estimate of drug-likeness (QED) is 0.714. The molecule has 0 aliphatic carbocycles. The number of rotatable bonds is 7. The monoisotopic (exact) mass is 425 g/mol. The molecule has 10 heteroatoms. The number of primary sulfonamides is 1. The van der Waals surface area contributed by atoms with Gasteiger partial charge in [-0.25, -0.2) is 22.0 Å². The first kappa shape index (κ1) is 22.0. The van der Waals surface area contributed by atoms with E-state index in [0.29, 0.717) is 5.56 Å². The molecule has 0 spiro atoms. The maximum absolute atomic E-state index is 12.6. The molecule has 0 aromatic heterocycles. The van der Waals surface area contributed by atoms with Crippen LogP contribution in [0.25, 0.3) is 0 Å². The molecule has 1 atom stereocenters. The second-order valence-corrected chi connectivity index (χ2v) is 9.98. The molecule has 0 saturated heterocycles. The second kappa shape index (κ2) is 8.39. The molecule has 8 nitrogen and oxygen atoms in total. The summed E-state index contributed by atoms with van der Waals surface area (Å²) in [5.74, 6) is -0.435. The van der Waals surface area contributed by atoms with E-state index in [1.165, 1.54) is 49.3 Å². The molecule has 152 valence electrons. The first-order chi connectivity index (χ1) is 12.9. The fourth-order valence-electron chi connectivity index (χ4n) is 2.55. The van der Waals surface area contributed by atoms with Gasteiger partial charge in [0.15, 0.2) is 0 Å². The molecule has 2 aromatic rings. The predicted molar refractivity (Wildman–Crippen MR) is 105 cm³/mol. The van der Waals surface area contributed by atoms with Crippen molar-refractivity contribution in [3.8, 4) is 0 Å². The van der Waals surface area contributed by atoms with Gasteiger partial charge in [-0.05, 0) is 36.8 Å². The smallest absolute Gasteiger partial charge is 0.243 e. The fourth-order valence-corrected chi connectivity index (χ4v) is 4.26. The summed E-state index contributed by atoms with van der Waals surface area (Å²) in [6, 6.07) is 13.3. The van der Waals surface area contributed by atoms with Crippen molar-refractivity contribution in [1.29, 1.82) is 0 Å².